The Morgan fingerprint density at radius 2 is 2.18 bits per heavy atom. The molecule has 2 N–H and O–H groups in total. The minimum Gasteiger partial charge on any atom is -0.356 e. The van der Waals surface area contributed by atoms with E-state index in [9.17, 15) is 8.42 Å². The number of nitrogens with two attached hydrogens (primary N) is 1. The van der Waals surface area contributed by atoms with E-state index in [1.165, 1.54) is 0 Å². The standard InChI is InChI=1S/C11H17N3O2S/c12-9-10-2-3-13-11(8-10)14-4-1-6-17(15,16)7-5-14/h2-3,8H,1,4-7,9,12H2. The molecular formula is C11H17N3O2S. The first-order chi connectivity index (χ1) is 8.11. The van der Waals surface area contributed by atoms with Crippen molar-refractivity contribution in [2.24, 2.45) is 5.73 Å². The van der Waals surface area contributed by atoms with Gasteiger partial charge in [0.05, 0.1) is 11.5 Å². The third kappa shape index (κ3) is 3.17. The zero-order chi connectivity index (χ0) is 12.3. The fourth-order valence-electron chi connectivity index (χ4n) is 1.93. The van der Waals surface area contributed by atoms with Crippen LogP contribution in [0.4, 0.5) is 5.82 Å². The van der Waals surface area contributed by atoms with Crippen molar-refractivity contribution in [1.29, 1.82) is 0 Å². The molecule has 0 atom stereocenters. The second kappa shape index (κ2) is 5.01. The van der Waals surface area contributed by atoms with Gasteiger partial charge in [-0.3, -0.25) is 0 Å². The molecule has 0 spiro atoms. The molecule has 2 heterocycles. The Morgan fingerprint density at radius 3 is 2.94 bits per heavy atom. The number of pyridine rings is 1. The Kier molecular flexibility index (Phi) is 3.63. The van der Waals surface area contributed by atoms with E-state index in [1.54, 1.807) is 6.20 Å². The molecule has 1 aliphatic heterocycles. The highest BCUT2D eigenvalue weighted by atomic mass is 32.2. The summed E-state index contributed by atoms with van der Waals surface area (Å²) in [5, 5.41) is 0. The van der Waals surface area contributed by atoms with Crippen LogP contribution >= 0.6 is 0 Å². The van der Waals surface area contributed by atoms with Gasteiger partial charge in [-0.25, -0.2) is 13.4 Å². The van der Waals surface area contributed by atoms with E-state index in [0.717, 1.165) is 17.9 Å². The second-order valence-electron chi connectivity index (χ2n) is 4.22. The van der Waals surface area contributed by atoms with Gasteiger partial charge in [-0.05, 0) is 24.1 Å². The van der Waals surface area contributed by atoms with E-state index in [2.05, 4.69) is 4.98 Å². The maximum absolute atomic E-state index is 11.5. The Bertz CT molecular complexity index is 487. The number of rotatable bonds is 2. The summed E-state index contributed by atoms with van der Waals surface area (Å²) in [5.41, 5.74) is 6.60. The fraction of sp³-hybridized carbons (Fsp3) is 0.545. The second-order valence-corrected chi connectivity index (χ2v) is 6.52. The van der Waals surface area contributed by atoms with Crippen LogP contribution in [0.5, 0.6) is 0 Å². The lowest BCUT2D eigenvalue weighted by atomic mass is 10.2. The molecule has 0 aliphatic carbocycles. The molecule has 1 aromatic rings. The summed E-state index contributed by atoms with van der Waals surface area (Å²) < 4.78 is 23.0. The monoisotopic (exact) mass is 255 g/mol. The quantitative estimate of drug-likeness (QED) is 0.815. The maximum Gasteiger partial charge on any atom is 0.152 e. The van der Waals surface area contributed by atoms with Crippen molar-refractivity contribution in [2.45, 2.75) is 13.0 Å². The van der Waals surface area contributed by atoms with Crippen molar-refractivity contribution in [3.63, 3.8) is 0 Å². The van der Waals surface area contributed by atoms with Crippen molar-refractivity contribution >= 4 is 15.7 Å². The van der Waals surface area contributed by atoms with Crippen molar-refractivity contribution < 1.29 is 8.42 Å². The zero-order valence-electron chi connectivity index (χ0n) is 9.67. The average molecular weight is 255 g/mol. The Labute approximate surface area is 102 Å². The smallest absolute Gasteiger partial charge is 0.152 e. The predicted octanol–water partition coefficient (Wildman–Crippen LogP) is 0.165. The molecule has 0 unspecified atom stereocenters. The summed E-state index contributed by atoms with van der Waals surface area (Å²) >= 11 is 0. The van der Waals surface area contributed by atoms with Crippen LogP contribution in [0.25, 0.3) is 0 Å². The zero-order valence-corrected chi connectivity index (χ0v) is 10.5. The lowest BCUT2D eigenvalue weighted by Crippen LogP contribution is -2.27. The molecule has 1 saturated heterocycles. The Morgan fingerprint density at radius 1 is 1.35 bits per heavy atom. The van der Waals surface area contributed by atoms with Crippen molar-refractivity contribution in [1.82, 2.24) is 4.98 Å². The Balaban J connectivity index is 2.16. The van der Waals surface area contributed by atoms with E-state index in [0.29, 0.717) is 19.5 Å². The van der Waals surface area contributed by atoms with Crippen molar-refractivity contribution in [3.05, 3.63) is 23.9 Å². The van der Waals surface area contributed by atoms with Crippen LogP contribution in [0, 0.1) is 0 Å². The summed E-state index contributed by atoms with van der Waals surface area (Å²) in [4.78, 5) is 6.29. The summed E-state index contributed by atoms with van der Waals surface area (Å²) in [6, 6.07) is 3.80. The molecule has 17 heavy (non-hydrogen) atoms. The topological polar surface area (TPSA) is 76.3 Å². The third-order valence-electron chi connectivity index (χ3n) is 2.93. The minimum absolute atomic E-state index is 0.210. The van der Waals surface area contributed by atoms with Gasteiger partial charge in [0.1, 0.15) is 5.82 Å². The highest BCUT2D eigenvalue weighted by Gasteiger charge is 2.19. The summed E-state index contributed by atoms with van der Waals surface area (Å²) in [5.74, 6) is 1.31. The molecule has 0 amide bonds. The highest BCUT2D eigenvalue weighted by molar-refractivity contribution is 7.91. The maximum atomic E-state index is 11.5. The van der Waals surface area contributed by atoms with E-state index in [4.69, 9.17) is 5.73 Å². The van der Waals surface area contributed by atoms with Crippen LogP contribution in [0.15, 0.2) is 18.3 Å². The van der Waals surface area contributed by atoms with Gasteiger partial charge in [0.15, 0.2) is 9.84 Å². The Hall–Kier alpha value is -1.14. The molecule has 94 valence electrons. The molecule has 0 saturated carbocycles. The molecule has 0 aromatic carbocycles. The third-order valence-corrected chi connectivity index (χ3v) is 4.64. The van der Waals surface area contributed by atoms with Crippen LogP contribution in [-0.4, -0.2) is 38.0 Å². The minimum atomic E-state index is -2.87. The predicted molar refractivity (Wildman–Crippen MR) is 67.6 cm³/mol. The molecule has 2 rings (SSSR count). The summed E-state index contributed by atoms with van der Waals surface area (Å²) in [6.45, 7) is 1.73. The first-order valence-electron chi connectivity index (χ1n) is 5.71. The molecule has 0 radical (unpaired) electrons. The summed E-state index contributed by atoms with van der Waals surface area (Å²) in [6.07, 6.45) is 2.38. The van der Waals surface area contributed by atoms with Gasteiger partial charge >= 0.3 is 0 Å². The van der Waals surface area contributed by atoms with Gasteiger partial charge in [0.25, 0.3) is 0 Å². The molecule has 1 aromatic heterocycles. The summed E-state index contributed by atoms with van der Waals surface area (Å²) in [7, 11) is -2.87. The van der Waals surface area contributed by atoms with Gasteiger partial charge in [-0.2, -0.15) is 0 Å². The first kappa shape index (κ1) is 12.3. The number of nitrogens with zero attached hydrogens (tertiary/aromatic N) is 2. The number of aromatic nitrogens is 1. The van der Waals surface area contributed by atoms with Crippen molar-refractivity contribution in [2.75, 3.05) is 29.5 Å². The molecule has 6 heteroatoms. The van der Waals surface area contributed by atoms with Crippen LogP contribution in [0.2, 0.25) is 0 Å². The van der Waals surface area contributed by atoms with Gasteiger partial charge < -0.3 is 10.6 Å². The van der Waals surface area contributed by atoms with E-state index >= 15 is 0 Å². The fourth-order valence-corrected chi connectivity index (χ4v) is 3.20. The van der Waals surface area contributed by atoms with Gasteiger partial charge in [0.2, 0.25) is 0 Å². The average Bonchev–Trinajstić information content (AvgIpc) is 2.50. The molecule has 1 fully saturated rings. The van der Waals surface area contributed by atoms with Gasteiger partial charge in [-0.15, -0.1) is 0 Å². The van der Waals surface area contributed by atoms with Crippen LogP contribution in [-0.2, 0) is 16.4 Å². The lowest BCUT2D eigenvalue weighted by molar-refractivity contribution is 0.597. The molecule has 5 nitrogen and oxygen atoms in total. The highest BCUT2D eigenvalue weighted by Crippen LogP contribution is 2.15. The molecule has 0 bridgehead atoms. The normalized spacial score (nSPS) is 19.9. The largest absolute Gasteiger partial charge is 0.356 e. The molecular weight excluding hydrogens is 238 g/mol. The van der Waals surface area contributed by atoms with E-state index < -0.39 is 9.84 Å². The number of sulfone groups is 1. The van der Waals surface area contributed by atoms with Gasteiger partial charge in [0, 0.05) is 25.8 Å². The SMILES string of the molecule is NCc1ccnc(N2CCCS(=O)(=O)CC2)c1. The number of hydrogen-bond acceptors (Lipinski definition) is 5. The number of anilines is 1. The van der Waals surface area contributed by atoms with Crippen LogP contribution < -0.4 is 10.6 Å². The van der Waals surface area contributed by atoms with Crippen molar-refractivity contribution in [3.8, 4) is 0 Å². The van der Waals surface area contributed by atoms with Gasteiger partial charge in [-0.1, -0.05) is 0 Å². The molecule has 1 aliphatic rings. The first-order valence-corrected chi connectivity index (χ1v) is 7.53. The van der Waals surface area contributed by atoms with E-state index in [1.807, 2.05) is 17.0 Å². The van der Waals surface area contributed by atoms with Crippen LogP contribution in [0.1, 0.15) is 12.0 Å². The van der Waals surface area contributed by atoms with E-state index in [-0.39, 0.29) is 11.5 Å². The lowest BCUT2D eigenvalue weighted by Gasteiger charge is -2.21. The van der Waals surface area contributed by atoms with Crippen LogP contribution in [0.3, 0.4) is 0 Å². The number of hydrogen-bond donors (Lipinski definition) is 1.